The Hall–Kier alpha value is -3.11. The van der Waals surface area contributed by atoms with Crippen molar-refractivity contribution in [3.63, 3.8) is 0 Å². The highest BCUT2D eigenvalue weighted by Crippen LogP contribution is 2.09. The fourth-order valence-corrected chi connectivity index (χ4v) is 4.05. The number of carbonyl (C=O) groups is 2. The minimum atomic E-state index is -0.379. The van der Waals surface area contributed by atoms with Crippen molar-refractivity contribution < 1.29 is 19.1 Å². The normalized spacial score (nSPS) is 12.0. The molecule has 11 nitrogen and oxygen atoms in total. The number of aryl methyl sites for hydroxylation is 2. The number of hydrogen-bond donors (Lipinski definition) is 1. The topological polar surface area (TPSA) is 126 Å². The summed E-state index contributed by atoms with van der Waals surface area (Å²) < 4.78 is 14.7. The van der Waals surface area contributed by atoms with Crippen LogP contribution in [0.1, 0.15) is 78.6 Å². The van der Waals surface area contributed by atoms with Gasteiger partial charge in [0.1, 0.15) is 0 Å². The van der Waals surface area contributed by atoms with Crippen molar-refractivity contribution in [2.75, 3.05) is 13.2 Å². The minimum absolute atomic E-state index is 0.197. The molecule has 2 rings (SSSR count). The van der Waals surface area contributed by atoms with Gasteiger partial charge in [0, 0.05) is 33.6 Å². The van der Waals surface area contributed by atoms with Crippen molar-refractivity contribution >= 4 is 23.2 Å². The van der Waals surface area contributed by atoms with Crippen LogP contribution < -0.4 is 16.6 Å². The van der Waals surface area contributed by atoms with Gasteiger partial charge in [0.2, 0.25) is 0 Å². The Morgan fingerprint density at radius 1 is 1.03 bits per heavy atom. The van der Waals surface area contributed by atoms with Crippen LogP contribution in [0.2, 0.25) is 0 Å². The van der Waals surface area contributed by atoms with Gasteiger partial charge in [0.05, 0.1) is 19.0 Å². The number of unbranched alkanes of at least 4 members (excludes halogenated alkanes) is 5. The highest BCUT2D eigenvalue weighted by atomic mass is 16.5. The lowest BCUT2D eigenvalue weighted by Crippen LogP contribution is -2.40. The largest absolute Gasteiger partial charge is 0.463 e. The molecule has 36 heavy (non-hydrogen) atoms. The van der Waals surface area contributed by atoms with Crippen molar-refractivity contribution in [2.45, 2.75) is 97.8 Å². The van der Waals surface area contributed by atoms with E-state index >= 15 is 0 Å². The molecule has 0 fully saturated rings. The van der Waals surface area contributed by atoms with E-state index in [9.17, 15) is 19.2 Å². The Bertz CT molecular complexity index is 1100. The quantitative estimate of drug-likeness (QED) is 0.273. The molecule has 0 saturated heterocycles. The van der Waals surface area contributed by atoms with E-state index in [2.05, 4.69) is 10.3 Å². The number of carbonyl (C=O) groups excluding carboxylic acids is 2. The van der Waals surface area contributed by atoms with Crippen LogP contribution in [0.5, 0.6) is 0 Å². The third kappa shape index (κ3) is 8.83. The SMILES string of the molecule is CCCCOC(=O)NCCCCCCn1c(=O)n(CCCC[C@@H](C)OC(C)=O)c(=O)c2c1ncn2C. The van der Waals surface area contributed by atoms with Gasteiger partial charge in [0.15, 0.2) is 11.2 Å². The zero-order valence-corrected chi connectivity index (χ0v) is 22.1. The van der Waals surface area contributed by atoms with Crippen molar-refractivity contribution in [2.24, 2.45) is 7.05 Å². The summed E-state index contributed by atoms with van der Waals surface area (Å²) in [6, 6.07) is 0. The molecular weight excluding hydrogens is 466 g/mol. The zero-order valence-electron chi connectivity index (χ0n) is 22.1. The summed E-state index contributed by atoms with van der Waals surface area (Å²) in [7, 11) is 1.75. The average molecular weight is 508 g/mol. The van der Waals surface area contributed by atoms with E-state index in [1.807, 2.05) is 13.8 Å². The number of nitrogens with zero attached hydrogens (tertiary/aromatic N) is 4. The fraction of sp³-hybridized carbons (Fsp3) is 0.720. The van der Waals surface area contributed by atoms with Gasteiger partial charge in [-0.3, -0.25) is 18.7 Å². The maximum atomic E-state index is 13.2. The van der Waals surface area contributed by atoms with Crippen LogP contribution >= 0.6 is 0 Å². The number of fused-ring (bicyclic) bond motifs is 1. The second-order valence-corrected chi connectivity index (χ2v) is 9.16. The van der Waals surface area contributed by atoms with Gasteiger partial charge in [-0.2, -0.15) is 0 Å². The van der Waals surface area contributed by atoms with Crippen LogP contribution in [0.15, 0.2) is 15.9 Å². The molecule has 0 spiro atoms. The molecule has 0 aliphatic carbocycles. The van der Waals surface area contributed by atoms with Gasteiger partial charge in [-0.05, 0) is 45.4 Å². The number of ether oxygens (including phenoxy) is 2. The molecule has 1 amide bonds. The smallest absolute Gasteiger partial charge is 0.407 e. The van der Waals surface area contributed by atoms with E-state index in [1.54, 1.807) is 22.5 Å². The Balaban J connectivity index is 1.91. The second-order valence-electron chi connectivity index (χ2n) is 9.16. The van der Waals surface area contributed by atoms with Crippen LogP contribution in [0.3, 0.4) is 0 Å². The van der Waals surface area contributed by atoms with E-state index in [0.29, 0.717) is 50.2 Å². The highest BCUT2D eigenvalue weighted by molar-refractivity contribution is 5.70. The second kappa shape index (κ2) is 15.1. The standard InChI is InChI=1S/C25H41N5O6/c1-5-6-17-35-24(33)26-14-10-7-8-11-15-29-22-21(28(4)18-27-22)23(32)30(25(29)34)16-12-9-13-19(2)36-20(3)31/h18-19H,5-17H2,1-4H3,(H,26,33)/t19-/m1/s1. The van der Waals surface area contributed by atoms with E-state index in [4.69, 9.17) is 9.47 Å². The van der Waals surface area contributed by atoms with Crippen molar-refractivity contribution in [3.8, 4) is 0 Å². The molecule has 0 saturated carbocycles. The molecule has 11 heteroatoms. The number of nitrogens with one attached hydrogen (secondary N) is 1. The fourth-order valence-electron chi connectivity index (χ4n) is 4.05. The summed E-state index contributed by atoms with van der Waals surface area (Å²) in [5.74, 6) is -0.315. The van der Waals surface area contributed by atoms with Crippen LogP contribution in [0.4, 0.5) is 4.79 Å². The maximum Gasteiger partial charge on any atom is 0.407 e. The van der Waals surface area contributed by atoms with E-state index in [-0.39, 0.29) is 29.4 Å². The first kappa shape index (κ1) is 29.1. The van der Waals surface area contributed by atoms with Crippen LogP contribution in [-0.2, 0) is 34.4 Å². The molecule has 2 aromatic heterocycles. The van der Waals surface area contributed by atoms with E-state index in [0.717, 1.165) is 44.9 Å². The molecule has 202 valence electrons. The highest BCUT2D eigenvalue weighted by Gasteiger charge is 2.17. The van der Waals surface area contributed by atoms with Gasteiger partial charge in [0.25, 0.3) is 5.56 Å². The predicted molar refractivity (Wildman–Crippen MR) is 137 cm³/mol. The summed E-state index contributed by atoms with van der Waals surface area (Å²) in [6.45, 7) is 7.00. The van der Waals surface area contributed by atoms with Gasteiger partial charge in [-0.15, -0.1) is 0 Å². The van der Waals surface area contributed by atoms with Crippen molar-refractivity contribution in [3.05, 3.63) is 27.2 Å². The first-order valence-corrected chi connectivity index (χ1v) is 13.0. The Morgan fingerprint density at radius 2 is 1.72 bits per heavy atom. The van der Waals surface area contributed by atoms with Crippen LogP contribution in [0, 0.1) is 0 Å². The van der Waals surface area contributed by atoms with Gasteiger partial charge in [-0.1, -0.05) is 26.2 Å². The number of imidazole rings is 1. The molecule has 2 aromatic rings. The maximum absolute atomic E-state index is 13.2. The molecule has 0 unspecified atom stereocenters. The lowest BCUT2D eigenvalue weighted by Gasteiger charge is -2.13. The number of alkyl carbamates (subject to hydrolysis) is 1. The predicted octanol–water partition coefficient (Wildman–Crippen LogP) is 3.11. The molecule has 0 radical (unpaired) electrons. The average Bonchev–Trinajstić information content (AvgIpc) is 3.20. The number of hydrogen-bond acceptors (Lipinski definition) is 7. The van der Waals surface area contributed by atoms with Crippen molar-refractivity contribution in [1.29, 1.82) is 0 Å². The van der Waals surface area contributed by atoms with E-state index in [1.165, 1.54) is 11.5 Å². The Kier molecular flexibility index (Phi) is 12.2. The monoisotopic (exact) mass is 507 g/mol. The van der Waals surface area contributed by atoms with Crippen LogP contribution in [0.25, 0.3) is 11.2 Å². The summed E-state index contributed by atoms with van der Waals surface area (Å²) in [5, 5.41) is 2.75. The molecular formula is C25H41N5O6. The zero-order chi connectivity index (χ0) is 26.5. The first-order chi connectivity index (χ1) is 17.3. The number of amides is 1. The van der Waals surface area contributed by atoms with Gasteiger partial charge >= 0.3 is 17.8 Å². The molecule has 0 bridgehead atoms. The number of aromatic nitrogens is 4. The Labute approximate surface area is 211 Å². The van der Waals surface area contributed by atoms with E-state index < -0.39 is 0 Å². The van der Waals surface area contributed by atoms with Gasteiger partial charge in [-0.25, -0.2) is 14.6 Å². The van der Waals surface area contributed by atoms with Crippen molar-refractivity contribution in [1.82, 2.24) is 24.0 Å². The third-order valence-electron chi connectivity index (χ3n) is 6.00. The summed E-state index contributed by atoms with van der Waals surface area (Å²) >= 11 is 0. The molecule has 1 atom stereocenters. The molecule has 0 aliphatic heterocycles. The van der Waals surface area contributed by atoms with Gasteiger partial charge < -0.3 is 19.4 Å². The molecule has 0 aliphatic rings. The molecule has 2 heterocycles. The summed E-state index contributed by atoms with van der Waals surface area (Å²) in [6.07, 6.45) is 8.19. The third-order valence-corrected chi connectivity index (χ3v) is 6.00. The lowest BCUT2D eigenvalue weighted by molar-refractivity contribution is -0.145. The summed E-state index contributed by atoms with van der Waals surface area (Å²) in [5.41, 5.74) is 0.129. The summed E-state index contributed by atoms with van der Waals surface area (Å²) in [4.78, 5) is 53.1. The number of esters is 1. The Morgan fingerprint density at radius 3 is 2.44 bits per heavy atom. The number of rotatable bonds is 16. The van der Waals surface area contributed by atoms with Crippen LogP contribution in [-0.4, -0.2) is 50.0 Å². The molecule has 0 aromatic carbocycles. The lowest BCUT2D eigenvalue weighted by atomic mass is 10.1. The molecule has 1 N–H and O–H groups in total. The minimum Gasteiger partial charge on any atom is -0.463 e. The first-order valence-electron chi connectivity index (χ1n) is 13.0.